The summed E-state index contributed by atoms with van der Waals surface area (Å²) in [5, 5.41) is 8.97. The van der Waals surface area contributed by atoms with Crippen LogP contribution in [-0.4, -0.2) is 21.8 Å². The number of aromatic nitrogens is 1. The Labute approximate surface area is 200 Å². The first-order chi connectivity index (χ1) is 16.7. The topological polar surface area (TPSA) is 70.2 Å². The maximum atomic E-state index is 13.6. The summed E-state index contributed by atoms with van der Waals surface area (Å²) in [5.41, 5.74) is 4.27. The van der Waals surface area contributed by atoms with Crippen LogP contribution in [0, 0.1) is 0 Å². The first kappa shape index (κ1) is 24.0. The van der Waals surface area contributed by atoms with Crippen LogP contribution >= 0.6 is 0 Å². The minimum Gasteiger partial charge on any atom is -0.481 e. The second-order valence-corrected chi connectivity index (χ2v) is 8.13. The lowest BCUT2D eigenvalue weighted by molar-refractivity contribution is -0.138. The molecule has 0 spiro atoms. The quantitative estimate of drug-likeness (QED) is 0.288. The fourth-order valence-corrected chi connectivity index (χ4v) is 4.16. The van der Waals surface area contributed by atoms with Crippen LogP contribution < -0.4 is 0 Å². The molecule has 0 saturated carbocycles. The van der Waals surface area contributed by atoms with Gasteiger partial charge in [-0.2, -0.15) is 13.2 Å². The molecule has 35 heavy (non-hydrogen) atoms. The normalized spacial score (nSPS) is 11.4. The molecule has 1 aromatic heterocycles. The van der Waals surface area contributed by atoms with Crippen molar-refractivity contribution in [2.24, 2.45) is 0 Å². The van der Waals surface area contributed by atoms with Crippen LogP contribution in [0.2, 0.25) is 0 Å². The first-order valence-electron chi connectivity index (χ1n) is 11.0. The number of hydrogen-bond donors (Lipinski definition) is 2. The van der Waals surface area contributed by atoms with Crippen molar-refractivity contribution in [3.8, 4) is 22.4 Å². The zero-order valence-electron chi connectivity index (χ0n) is 18.8. The van der Waals surface area contributed by atoms with E-state index in [9.17, 15) is 22.8 Å². The van der Waals surface area contributed by atoms with Crippen LogP contribution in [0.1, 0.15) is 39.5 Å². The number of aromatic amines is 1. The standard InChI is InChI=1S/C28H22F3NO3/c1-2-21-24(16-32-26(21)19-9-7-17(8-10-19)15-25(33)34)27(35)23-6-4-3-5-22(23)18-11-13-20(14-12-18)28(29,30)31/h3-14,16,32H,2,15H2,1H3,(H,33,34). The van der Waals surface area contributed by atoms with Crippen molar-refractivity contribution in [2.45, 2.75) is 25.9 Å². The molecule has 0 aliphatic rings. The van der Waals surface area contributed by atoms with E-state index in [4.69, 9.17) is 5.11 Å². The van der Waals surface area contributed by atoms with Gasteiger partial charge < -0.3 is 10.1 Å². The molecular weight excluding hydrogens is 455 g/mol. The minimum absolute atomic E-state index is 0.0733. The molecule has 0 aliphatic heterocycles. The van der Waals surface area contributed by atoms with Gasteiger partial charge in [-0.15, -0.1) is 0 Å². The van der Waals surface area contributed by atoms with Crippen LogP contribution in [0.15, 0.2) is 79.0 Å². The van der Waals surface area contributed by atoms with Gasteiger partial charge in [0.2, 0.25) is 0 Å². The van der Waals surface area contributed by atoms with Crippen LogP contribution in [0.5, 0.6) is 0 Å². The lowest BCUT2D eigenvalue weighted by Crippen LogP contribution is -2.06. The number of halogens is 3. The molecule has 2 N–H and O–H groups in total. The van der Waals surface area contributed by atoms with Gasteiger partial charge in [-0.25, -0.2) is 0 Å². The number of benzene rings is 3. The number of carbonyl (C=O) groups excluding carboxylic acids is 1. The number of carboxylic acid groups (broad SMARTS) is 1. The van der Waals surface area contributed by atoms with E-state index < -0.39 is 17.7 Å². The first-order valence-corrected chi connectivity index (χ1v) is 11.0. The maximum absolute atomic E-state index is 13.6. The summed E-state index contributed by atoms with van der Waals surface area (Å²) in [7, 11) is 0. The molecule has 4 rings (SSSR count). The molecule has 3 aromatic carbocycles. The summed E-state index contributed by atoms with van der Waals surface area (Å²) in [4.78, 5) is 27.7. The predicted molar refractivity (Wildman–Crippen MR) is 127 cm³/mol. The van der Waals surface area contributed by atoms with Gasteiger partial charge in [-0.3, -0.25) is 9.59 Å². The lowest BCUT2D eigenvalue weighted by Gasteiger charge is -2.12. The summed E-state index contributed by atoms with van der Waals surface area (Å²) in [5.74, 6) is -1.14. The highest BCUT2D eigenvalue weighted by Gasteiger charge is 2.30. The fraction of sp³-hybridized carbons (Fsp3) is 0.143. The van der Waals surface area contributed by atoms with Crippen LogP contribution in [0.25, 0.3) is 22.4 Å². The average molecular weight is 477 g/mol. The number of nitrogens with one attached hydrogen (secondary N) is 1. The zero-order valence-corrected chi connectivity index (χ0v) is 18.8. The van der Waals surface area contributed by atoms with E-state index in [1.807, 2.05) is 19.1 Å². The Morgan fingerprint density at radius 3 is 2.09 bits per heavy atom. The molecule has 1 heterocycles. The Morgan fingerprint density at radius 2 is 1.49 bits per heavy atom. The van der Waals surface area contributed by atoms with Gasteiger partial charge in [0.25, 0.3) is 0 Å². The van der Waals surface area contributed by atoms with Gasteiger partial charge in [-0.05, 0) is 46.4 Å². The molecular formula is C28H22F3NO3. The summed E-state index contributed by atoms with van der Waals surface area (Å²) in [6.45, 7) is 1.93. The van der Waals surface area contributed by atoms with E-state index in [1.54, 1.807) is 42.6 Å². The van der Waals surface area contributed by atoms with E-state index in [1.165, 1.54) is 12.1 Å². The highest BCUT2D eigenvalue weighted by atomic mass is 19.4. The van der Waals surface area contributed by atoms with E-state index in [0.29, 0.717) is 34.2 Å². The third-order valence-electron chi connectivity index (χ3n) is 5.88. The molecule has 0 unspecified atom stereocenters. The van der Waals surface area contributed by atoms with Gasteiger partial charge in [-0.1, -0.05) is 67.6 Å². The molecule has 0 atom stereocenters. The van der Waals surface area contributed by atoms with Crippen LogP contribution in [-0.2, 0) is 23.8 Å². The number of hydrogen-bond acceptors (Lipinski definition) is 2. The molecule has 0 fully saturated rings. The molecule has 0 amide bonds. The Kier molecular flexibility index (Phi) is 6.60. The molecule has 178 valence electrons. The molecule has 7 heteroatoms. The van der Waals surface area contributed by atoms with Crippen molar-refractivity contribution in [1.82, 2.24) is 4.98 Å². The molecule has 0 saturated heterocycles. The van der Waals surface area contributed by atoms with Crippen LogP contribution in [0.4, 0.5) is 13.2 Å². The Balaban J connectivity index is 1.70. The second-order valence-electron chi connectivity index (χ2n) is 8.13. The van der Waals surface area contributed by atoms with Crippen molar-refractivity contribution < 1.29 is 27.9 Å². The Bertz CT molecular complexity index is 1370. The summed E-state index contributed by atoms with van der Waals surface area (Å²) >= 11 is 0. The SMILES string of the molecule is CCc1c(C(=O)c2ccccc2-c2ccc(C(F)(F)F)cc2)c[nH]c1-c1ccc(CC(=O)O)cc1. The zero-order chi connectivity index (χ0) is 25.2. The highest BCUT2D eigenvalue weighted by molar-refractivity contribution is 6.14. The third kappa shape index (κ3) is 5.04. The Hall–Kier alpha value is -4.13. The lowest BCUT2D eigenvalue weighted by atomic mass is 9.91. The fourth-order valence-electron chi connectivity index (χ4n) is 4.16. The number of carboxylic acids is 1. The third-order valence-corrected chi connectivity index (χ3v) is 5.88. The average Bonchev–Trinajstić information content (AvgIpc) is 3.27. The number of ketones is 1. The van der Waals surface area contributed by atoms with Gasteiger partial charge >= 0.3 is 12.1 Å². The molecule has 4 nitrogen and oxygen atoms in total. The predicted octanol–water partition coefficient (Wildman–Crippen LogP) is 6.79. The summed E-state index contributed by atoms with van der Waals surface area (Å²) in [6, 6.07) is 18.7. The van der Waals surface area contributed by atoms with Gasteiger partial charge in [0, 0.05) is 23.0 Å². The van der Waals surface area contributed by atoms with Gasteiger partial charge in [0.05, 0.1) is 12.0 Å². The van der Waals surface area contributed by atoms with E-state index in [0.717, 1.165) is 29.0 Å². The molecule has 0 radical (unpaired) electrons. The van der Waals surface area contributed by atoms with Gasteiger partial charge in [0.15, 0.2) is 5.78 Å². The number of alkyl halides is 3. The number of H-pyrrole nitrogens is 1. The second kappa shape index (κ2) is 9.62. The maximum Gasteiger partial charge on any atom is 0.416 e. The largest absolute Gasteiger partial charge is 0.481 e. The van der Waals surface area contributed by atoms with E-state index in [2.05, 4.69) is 4.98 Å². The van der Waals surface area contributed by atoms with Crippen molar-refractivity contribution in [3.05, 3.63) is 107 Å². The van der Waals surface area contributed by atoms with E-state index >= 15 is 0 Å². The summed E-state index contributed by atoms with van der Waals surface area (Å²) in [6.07, 6.45) is -2.29. The van der Waals surface area contributed by atoms with Crippen molar-refractivity contribution >= 4 is 11.8 Å². The minimum atomic E-state index is -4.43. The highest BCUT2D eigenvalue weighted by Crippen LogP contribution is 2.34. The summed E-state index contributed by atoms with van der Waals surface area (Å²) < 4.78 is 38.9. The number of aliphatic carboxylic acids is 1. The number of carbonyl (C=O) groups is 2. The Morgan fingerprint density at radius 1 is 0.857 bits per heavy atom. The van der Waals surface area contributed by atoms with Crippen molar-refractivity contribution in [2.75, 3.05) is 0 Å². The van der Waals surface area contributed by atoms with E-state index in [-0.39, 0.29) is 12.2 Å². The molecule has 0 aliphatic carbocycles. The van der Waals surface area contributed by atoms with Gasteiger partial charge in [0.1, 0.15) is 0 Å². The smallest absolute Gasteiger partial charge is 0.416 e. The molecule has 4 aromatic rings. The molecule has 0 bridgehead atoms. The number of rotatable bonds is 7. The van der Waals surface area contributed by atoms with Crippen molar-refractivity contribution in [1.29, 1.82) is 0 Å². The monoisotopic (exact) mass is 477 g/mol. The van der Waals surface area contributed by atoms with Crippen LogP contribution in [0.3, 0.4) is 0 Å². The van der Waals surface area contributed by atoms with Crippen molar-refractivity contribution in [3.63, 3.8) is 0 Å².